The SMILES string of the molecule is O=[N+]([O-])c1nc(OCc2ccccc2)c2[nH]cnc2n1. The highest BCUT2D eigenvalue weighted by Gasteiger charge is 2.21. The fourth-order valence-corrected chi connectivity index (χ4v) is 1.71. The smallest absolute Gasteiger partial charge is 0.459 e. The van der Waals surface area contributed by atoms with Gasteiger partial charge in [-0.3, -0.25) is 0 Å². The normalized spacial score (nSPS) is 10.6. The molecule has 0 fully saturated rings. The largest absolute Gasteiger partial charge is 0.474 e. The van der Waals surface area contributed by atoms with E-state index in [2.05, 4.69) is 19.9 Å². The summed E-state index contributed by atoms with van der Waals surface area (Å²) in [6, 6.07) is 9.44. The van der Waals surface area contributed by atoms with Gasteiger partial charge in [0.1, 0.15) is 6.61 Å². The van der Waals surface area contributed by atoms with E-state index >= 15 is 0 Å². The van der Waals surface area contributed by atoms with Gasteiger partial charge in [-0.15, -0.1) is 0 Å². The van der Waals surface area contributed by atoms with Gasteiger partial charge in [-0.05, 0) is 20.5 Å². The van der Waals surface area contributed by atoms with E-state index in [4.69, 9.17) is 4.74 Å². The van der Waals surface area contributed by atoms with E-state index in [9.17, 15) is 10.1 Å². The summed E-state index contributed by atoms with van der Waals surface area (Å²) in [6.07, 6.45) is 1.39. The fourth-order valence-electron chi connectivity index (χ4n) is 1.71. The van der Waals surface area contributed by atoms with Crippen LogP contribution in [0.3, 0.4) is 0 Å². The summed E-state index contributed by atoms with van der Waals surface area (Å²) < 4.78 is 5.53. The molecule has 3 aromatic rings. The number of benzene rings is 1. The lowest BCUT2D eigenvalue weighted by molar-refractivity contribution is -0.394. The molecule has 0 saturated heterocycles. The molecule has 0 aliphatic rings. The Kier molecular flexibility index (Phi) is 2.96. The van der Waals surface area contributed by atoms with Crippen LogP contribution >= 0.6 is 0 Å². The maximum absolute atomic E-state index is 10.8. The summed E-state index contributed by atoms with van der Waals surface area (Å²) in [4.78, 5) is 24.3. The molecule has 1 aromatic carbocycles. The minimum atomic E-state index is -0.677. The fraction of sp³-hybridized carbons (Fsp3) is 0.0833. The summed E-state index contributed by atoms with van der Waals surface area (Å²) in [7, 11) is 0. The Balaban J connectivity index is 1.93. The van der Waals surface area contributed by atoms with Crippen LogP contribution in [0, 0.1) is 10.1 Å². The molecular weight excluding hydrogens is 262 g/mol. The highest BCUT2D eigenvalue weighted by molar-refractivity contribution is 5.76. The zero-order valence-electron chi connectivity index (χ0n) is 10.2. The first kappa shape index (κ1) is 12.0. The van der Waals surface area contributed by atoms with Gasteiger partial charge >= 0.3 is 11.8 Å². The third-order valence-corrected chi connectivity index (χ3v) is 2.62. The highest BCUT2D eigenvalue weighted by atomic mass is 16.6. The number of nitrogens with one attached hydrogen (secondary N) is 1. The first-order valence-electron chi connectivity index (χ1n) is 5.76. The first-order valence-corrected chi connectivity index (χ1v) is 5.76. The molecule has 0 radical (unpaired) electrons. The number of hydrogen-bond donors (Lipinski definition) is 1. The third kappa shape index (κ3) is 2.26. The summed E-state index contributed by atoms with van der Waals surface area (Å²) >= 11 is 0. The lowest BCUT2D eigenvalue weighted by Crippen LogP contribution is -2.02. The van der Waals surface area contributed by atoms with Crippen LogP contribution in [-0.2, 0) is 6.61 Å². The average molecular weight is 271 g/mol. The number of fused-ring (bicyclic) bond motifs is 1. The van der Waals surface area contributed by atoms with Crippen molar-refractivity contribution in [1.82, 2.24) is 19.9 Å². The van der Waals surface area contributed by atoms with Crippen LogP contribution in [0.5, 0.6) is 5.88 Å². The number of imidazole rings is 1. The highest BCUT2D eigenvalue weighted by Crippen LogP contribution is 2.22. The predicted molar refractivity (Wildman–Crippen MR) is 69.1 cm³/mol. The van der Waals surface area contributed by atoms with Crippen molar-refractivity contribution in [1.29, 1.82) is 0 Å². The van der Waals surface area contributed by atoms with Gasteiger partial charge in [0.15, 0.2) is 5.52 Å². The number of nitro groups is 1. The monoisotopic (exact) mass is 271 g/mol. The summed E-state index contributed by atoms with van der Waals surface area (Å²) in [5.74, 6) is -0.421. The molecule has 0 saturated carbocycles. The van der Waals surface area contributed by atoms with Crippen molar-refractivity contribution >= 4 is 17.1 Å². The molecule has 8 nitrogen and oxygen atoms in total. The maximum atomic E-state index is 10.8. The minimum absolute atomic E-state index is 0.114. The molecule has 20 heavy (non-hydrogen) atoms. The van der Waals surface area contributed by atoms with Crippen LogP contribution in [0.4, 0.5) is 5.95 Å². The van der Waals surface area contributed by atoms with Gasteiger partial charge in [-0.25, -0.2) is 4.98 Å². The van der Waals surface area contributed by atoms with Crippen LogP contribution in [0.1, 0.15) is 5.56 Å². The molecule has 0 atom stereocenters. The molecule has 1 N–H and O–H groups in total. The zero-order valence-corrected chi connectivity index (χ0v) is 10.2. The molecule has 0 spiro atoms. The van der Waals surface area contributed by atoms with Gasteiger partial charge in [0.2, 0.25) is 0 Å². The topological polar surface area (TPSA) is 107 Å². The van der Waals surface area contributed by atoms with Crippen molar-refractivity contribution in [2.24, 2.45) is 0 Å². The molecule has 0 aliphatic heterocycles. The van der Waals surface area contributed by atoms with Crippen molar-refractivity contribution in [3.63, 3.8) is 0 Å². The van der Waals surface area contributed by atoms with Crippen molar-refractivity contribution in [2.45, 2.75) is 6.61 Å². The Morgan fingerprint density at radius 3 is 2.80 bits per heavy atom. The van der Waals surface area contributed by atoms with E-state index in [1.165, 1.54) is 6.33 Å². The molecule has 3 rings (SSSR count). The molecule has 0 aliphatic carbocycles. The molecular formula is C12H9N5O3. The van der Waals surface area contributed by atoms with E-state index < -0.39 is 10.9 Å². The summed E-state index contributed by atoms with van der Waals surface area (Å²) in [6.45, 7) is 0.253. The van der Waals surface area contributed by atoms with E-state index in [0.29, 0.717) is 5.52 Å². The number of aromatic nitrogens is 4. The predicted octanol–water partition coefficient (Wildman–Crippen LogP) is 1.84. The lowest BCUT2D eigenvalue weighted by Gasteiger charge is -2.03. The van der Waals surface area contributed by atoms with E-state index in [1.807, 2.05) is 30.3 Å². The number of hydrogen-bond acceptors (Lipinski definition) is 6. The average Bonchev–Trinajstić information content (AvgIpc) is 2.94. The summed E-state index contributed by atoms with van der Waals surface area (Å²) in [5.41, 5.74) is 1.57. The van der Waals surface area contributed by atoms with Gasteiger partial charge in [-0.1, -0.05) is 30.3 Å². The second-order valence-electron chi connectivity index (χ2n) is 3.96. The lowest BCUT2D eigenvalue weighted by atomic mass is 10.2. The van der Waals surface area contributed by atoms with Crippen molar-refractivity contribution in [2.75, 3.05) is 0 Å². The molecule has 2 aromatic heterocycles. The Bertz CT molecular complexity index is 756. The summed E-state index contributed by atoms with van der Waals surface area (Å²) in [5, 5.41) is 10.8. The quantitative estimate of drug-likeness (QED) is 0.573. The Labute approximate surface area is 112 Å². The molecule has 0 unspecified atom stereocenters. The van der Waals surface area contributed by atoms with Gasteiger partial charge in [-0.2, -0.15) is 0 Å². The van der Waals surface area contributed by atoms with Gasteiger partial charge < -0.3 is 19.8 Å². The maximum Gasteiger partial charge on any atom is 0.474 e. The number of rotatable bonds is 4. The van der Waals surface area contributed by atoms with Crippen molar-refractivity contribution in [3.05, 3.63) is 52.3 Å². The minimum Gasteiger partial charge on any atom is -0.459 e. The third-order valence-electron chi connectivity index (χ3n) is 2.62. The number of H-pyrrole nitrogens is 1. The molecule has 100 valence electrons. The standard InChI is InChI=1S/C12H9N5O3/c18-17(19)12-15-10-9(13-7-14-10)11(16-12)20-6-8-4-2-1-3-5-8/h1-5,7H,6H2,(H,13,14,15,16). The second-order valence-corrected chi connectivity index (χ2v) is 3.96. The van der Waals surface area contributed by atoms with Crippen molar-refractivity contribution in [3.8, 4) is 5.88 Å². The van der Waals surface area contributed by atoms with Crippen LogP contribution < -0.4 is 4.74 Å². The number of aromatic amines is 1. The Morgan fingerprint density at radius 1 is 1.25 bits per heavy atom. The first-order chi connectivity index (χ1) is 9.74. The van der Waals surface area contributed by atoms with Crippen LogP contribution in [-0.4, -0.2) is 24.9 Å². The van der Waals surface area contributed by atoms with E-state index in [0.717, 1.165) is 5.56 Å². The van der Waals surface area contributed by atoms with E-state index in [1.54, 1.807) is 0 Å². The Morgan fingerprint density at radius 2 is 2.05 bits per heavy atom. The molecule has 2 heterocycles. The van der Waals surface area contributed by atoms with Crippen molar-refractivity contribution < 1.29 is 9.66 Å². The molecule has 0 bridgehead atoms. The number of nitrogens with zero attached hydrogens (tertiary/aromatic N) is 4. The van der Waals surface area contributed by atoms with Gasteiger partial charge in [0.05, 0.1) is 6.33 Å². The van der Waals surface area contributed by atoms with Gasteiger partial charge in [0.25, 0.3) is 5.65 Å². The molecule has 8 heteroatoms. The van der Waals surface area contributed by atoms with E-state index in [-0.39, 0.29) is 18.1 Å². The zero-order chi connectivity index (χ0) is 13.9. The van der Waals surface area contributed by atoms with Crippen LogP contribution in [0.25, 0.3) is 11.2 Å². The molecule has 0 amide bonds. The van der Waals surface area contributed by atoms with Crippen LogP contribution in [0.2, 0.25) is 0 Å². The van der Waals surface area contributed by atoms with Crippen LogP contribution in [0.15, 0.2) is 36.7 Å². The van der Waals surface area contributed by atoms with Gasteiger partial charge in [0, 0.05) is 0 Å². The second kappa shape index (κ2) is 4.92. The number of ether oxygens (including phenoxy) is 1. The Hall–Kier alpha value is -3.03.